The lowest BCUT2D eigenvalue weighted by Gasteiger charge is -2.47. The summed E-state index contributed by atoms with van der Waals surface area (Å²) >= 11 is 5.52. The van der Waals surface area contributed by atoms with Crippen LogP contribution in [-0.4, -0.2) is 16.6 Å². The minimum atomic E-state index is -0.0524. The molecule has 18 heavy (non-hydrogen) atoms. The van der Waals surface area contributed by atoms with Gasteiger partial charge in [0.1, 0.15) is 11.4 Å². The van der Waals surface area contributed by atoms with Gasteiger partial charge in [-0.2, -0.15) is 11.8 Å². The number of fused-ring (bicyclic) bond motifs is 1. The van der Waals surface area contributed by atoms with E-state index in [1.807, 2.05) is 23.9 Å². The third-order valence-corrected chi connectivity index (χ3v) is 6.05. The second-order valence-corrected chi connectivity index (χ2v) is 7.64. The first kappa shape index (κ1) is 12.8. The van der Waals surface area contributed by atoms with E-state index in [1.165, 1.54) is 12.2 Å². The third kappa shape index (κ3) is 2.08. The van der Waals surface area contributed by atoms with Crippen LogP contribution in [0.2, 0.25) is 0 Å². The molecule has 3 rings (SSSR count). The minimum absolute atomic E-state index is 0.0524. The molecular formula is C14H18BrNOS. The van der Waals surface area contributed by atoms with Crippen LogP contribution in [0.1, 0.15) is 37.8 Å². The van der Waals surface area contributed by atoms with Crippen molar-refractivity contribution in [2.45, 2.75) is 43.1 Å². The molecule has 2 heterocycles. The Morgan fingerprint density at radius 1 is 1.50 bits per heavy atom. The van der Waals surface area contributed by atoms with Gasteiger partial charge < -0.3 is 10.5 Å². The Labute approximate surface area is 121 Å². The summed E-state index contributed by atoms with van der Waals surface area (Å²) < 4.78 is 7.45. The molecule has 2 aliphatic rings. The first-order chi connectivity index (χ1) is 8.61. The molecule has 2 N–H and O–H groups in total. The Bertz CT molecular complexity index is 467. The Balaban J connectivity index is 1.98. The molecule has 1 spiro atoms. The van der Waals surface area contributed by atoms with E-state index in [9.17, 15) is 0 Å². The van der Waals surface area contributed by atoms with Crippen LogP contribution < -0.4 is 10.5 Å². The molecule has 2 unspecified atom stereocenters. The van der Waals surface area contributed by atoms with Crippen molar-refractivity contribution in [3.8, 4) is 5.75 Å². The monoisotopic (exact) mass is 327 g/mol. The van der Waals surface area contributed by atoms with Gasteiger partial charge in [-0.3, -0.25) is 0 Å². The lowest BCUT2D eigenvalue weighted by Crippen LogP contribution is -2.51. The van der Waals surface area contributed by atoms with Gasteiger partial charge in [-0.15, -0.1) is 0 Å². The first-order valence-electron chi connectivity index (χ1n) is 6.46. The molecule has 2 aliphatic heterocycles. The van der Waals surface area contributed by atoms with Crippen LogP contribution in [0.25, 0.3) is 0 Å². The molecule has 0 saturated carbocycles. The standard InChI is InChI=1S/C14H18BrNOS/c1-9-14(5-2-6-18-9)8-12(16)11-7-10(15)3-4-13(11)17-14/h3-4,7,9,12H,2,5-6,8,16H2,1H3/t9?,12-,14?/m0/s1. The van der Waals surface area contributed by atoms with E-state index in [4.69, 9.17) is 10.5 Å². The van der Waals surface area contributed by atoms with Crippen LogP contribution in [0.15, 0.2) is 22.7 Å². The molecule has 4 heteroatoms. The van der Waals surface area contributed by atoms with Crippen molar-refractivity contribution in [2.75, 3.05) is 5.75 Å². The zero-order valence-electron chi connectivity index (χ0n) is 10.5. The van der Waals surface area contributed by atoms with E-state index in [2.05, 4.69) is 28.9 Å². The molecule has 0 amide bonds. The van der Waals surface area contributed by atoms with Crippen LogP contribution in [0, 0.1) is 0 Å². The number of ether oxygens (including phenoxy) is 1. The molecule has 1 aromatic rings. The van der Waals surface area contributed by atoms with Crippen molar-refractivity contribution in [3.05, 3.63) is 28.2 Å². The summed E-state index contributed by atoms with van der Waals surface area (Å²) in [7, 11) is 0. The quantitative estimate of drug-likeness (QED) is 0.785. The molecule has 2 nitrogen and oxygen atoms in total. The molecule has 1 aromatic carbocycles. The highest BCUT2D eigenvalue weighted by atomic mass is 79.9. The SMILES string of the molecule is CC1SCCCC12C[C@H](N)c1cc(Br)ccc1O2. The van der Waals surface area contributed by atoms with Crippen molar-refractivity contribution in [2.24, 2.45) is 5.73 Å². The van der Waals surface area contributed by atoms with Gasteiger partial charge in [0.15, 0.2) is 0 Å². The van der Waals surface area contributed by atoms with E-state index in [0.717, 1.165) is 28.6 Å². The van der Waals surface area contributed by atoms with E-state index >= 15 is 0 Å². The number of halogens is 1. The Morgan fingerprint density at radius 2 is 2.33 bits per heavy atom. The van der Waals surface area contributed by atoms with Gasteiger partial charge in [-0.1, -0.05) is 15.9 Å². The van der Waals surface area contributed by atoms with Crippen LogP contribution in [0.5, 0.6) is 5.75 Å². The van der Waals surface area contributed by atoms with Crippen molar-refractivity contribution >= 4 is 27.7 Å². The summed E-state index contributed by atoms with van der Waals surface area (Å²) in [5.74, 6) is 2.22. The van der Waals surface area contributed by atoms with Gasteiger partial charge in [0.05, 0.1) is 0 Å². The lowest BCUT2D eigenvalue weighted by atomic mass is 9.82. The summed E-state index contributed by atoms with van der Waals surface area (Å²) in [5, 5.41) is 0.522. The van der Waals surface area contributed by atoms with Gasteiger partial charge in [0.2, 0.25) is 0 Å². The second-order valence-electron chi connectivity index (χ2n) is 5.28. The van der Waals surface area contributed by atoms with Crippen LogP contribution in [0.4, 0.5) is 0 Å². The van der Waals surface area contributed by atoms with Gasteiger partial charge in [0.25, 0.3) is 0 Å². The summed E-state index contributed by atoms with van der Waals surface area (Å²) in [4.78, 5) is 0. The number of hydrogen-bond donors (Lipinski definition) is 1. The Kier molecular flexibility index (Phi) is 3.37. The van der Waals surface area contributed by atoms with E-state index in [-0.39, 0.29) is 11.6 Å². The molecule has 0 radical (unpaired) electrons. The highest BCUT2D eigenvalue weighted by molar-refractivity contribution is 9.10. The normalized spacial score (nSPS) is 35.1. The summed E-state index contributed by atoms with van der Waals surface area (Å²) in [6.07, 6.45) is 3.29. The Hall–Kier alpha value is -0.190. The largest absolute Gasteiger partial charge is 0.486 e. The third-order valence-electron chi connectivity index (χ3n) is 4.10. The van der Waals surface area contributed by atoms with E-state index in [1.54, 1.807) is 0 Å². The van der Waals surface area contributed by atoms with Gasteiger partial charge >= 0.3 is 0 Å². The molecule has 0 aromatic heterocycles. The molecule has 1 saturated heterocycles. The topological polar surface area (TPSA) is 35.2 Å². The fourth-order valence-corrected chi connectivity index (χ4v) is 4.64. The van der Waals surface area contributed by atoms with Crippen molar-refractivity contribution in [3.63, 3.8) is 0 Å². The number of thioether (sulfide) groups is 1. The molecule has 1 fully saturated rings. The zero-order chi connectivity index (χ0) is 12.8. The van der Waals surface area contributed by atoms with Crippen molar-refractivity contribution in [1.82, 2.24) is 0 Å². The fourth-order valence-electron chi connectivity index (χ4n) is 3.03. The van der Waals surface area contributed by atoms with E-state index < -0.39 is 0 Å². The molecule has 98 valence electrons. The number of hydrogen-bond acceptors (Lipinski definition) is 3. The second kappa shape index (κ2) is 4.73. The maximum absolute atomic E-state index is 6.38. The molecular weight excluding hydrogens is 310 g/mol. The highest BCUT2D eigenvalue weighted by Crippen LogP contribution is 2.48. The molecule has 0 aliphatic carbocycles. The average Bonchev–Trinajstić information content (AvgIpc) is 2.34. The summed E-state index contributed by atoms with van der Waals surface area (Å²) in [5.41, 5.74) is 7.46. The van der Waals surface area contributed by atoms with Crippen molar-refractivity contribution in [1.29, 1.82) is 0 Å². The maximum atomic E-state index is 6.38. The van der Waals surface area contributed by atoms with E-state index in [0.29, 0.717) is 5.25 Å². The van der Waals surface area contributed by atoms with Gasteiger partial charge in [-0.25, -0.2) is 0 Å². The first-order valence-corrected chi connectivity index (χ1v) is 8.30. The average molecular weight is 328 g/mol. The number of benzene rings is 1. The smallest absolute Gasteiger partial charge is 0.125 e. The van der Waals surface area contributed by atoms with Crippen LogP contribution >= 0.6 is 27.7 Å². The predicted molar refractivity (Wildman–Crippen MR) is 80.2 cm³/mol. The van der Waals surface area contributed by atoms with Crippen molar-refractivity contribution < 1.29 is 4.74 Å². The van der Waals surface area contributed by atoms with Crippen LogP contribution in [0.3, 0.4) is 0 Å². The summed E-state index contributed by atoms with van der Waals surface area (Å²) in [6, 6.07) is 6.26. The minimum Gasteiger partial charge on any atom is -0.486 e. The lowest BCUT2D eigenvalue weighted by molar-refractivity contribution is 0.0255. The highest BCUT2D eigenvalue weighted by Gasteiger charge is 2.45. The molecule has 3 atom stereocenters. The predicted octanol–water partition coefficient (Wildman–Crippen LogP) is 3.89. The maximum Gasteiger partial charge on any atom is 0.125 e. The summed E-state index contributed by atoms with van der Waals surface area (Å²) in [6.45, 7) is 2.28. The zero-order valence-corrected chi connectivity index (χ0v) is 12.9. The van der Waals surface area contributed by atoms with Gasteiger partial charge in [0, 0.05) is 27.7 Å². The molecule has 0 bridgehead atoms. The fraction of sp³-hybridized carbons (Fsp3) is 0.571. The Morgan fingerprint density at radius 3 is 3.11 bits per heavy atom. The number of rotatable bonds is 0. The van der Waals surface area contributed by atoms with Gasteiger partial charge in [-0.05, 0) is 43.7 Å². The van der Waals surface area contributed by atoms with Crippen LogP contribution in [-0.2, 0) is 0 Å². The number of nitrogens with two attached hydrogens (primary N) is 1.